The number of rotatable bonds is 8. The van der Waals surface area contributed by atoms with Gasteiger partial charge >= 0.3 is 5.97 Å². The number of hydrogen-bond acceptors (Lipinski definition) is 7. The summed E-state index contributed by atoms with van der Waals surface area (Å²) in [5.41, 5.74) is 1.52. The number of carboxylic acid groups (broad SMARTS) is 1. The highest BCUT2D eigenvalue weighted by atomic mass is 32.2. The summed E-state index contributed by atoms with van der Waals surface area (Å²) >= 11 is 0. The average molecular weight is 515 g/mol. The first-order chi connectivity index (χ1) is 17.0. The molecule has 2 atom stereocenters. The Morgan fingerprint density at radius 3 is 2.75 bits per heavy atom. The number of carboxylic acids is 1. The second-order valence-corrected chi connectivity index (χ2v) is 11.4. The lowest BCUT2D eigenvalue weighted by Crippen LogP contribution is -2.36. The average Bonchev–Trinajstić information content (AvgIpc) is 3.31. The molecular formula is C25H30N4O6S. The molecule has 1 unspecified atom stereocenters. The van der Waals surface area contributed by atoms with Crippen molar-refractivity contribution in [2.24, 2.45) is 5.41 Å². The Morgan fingerprint density at radius 2 is 2.06 bits per heavy atom. The van der Waals surface area contributed by atoms with Gasteiger partial charge in [-0.15, -0.1) is 0 Å². The minimum atomic E-state index is -3.82. The molecule has 0 saturated carbocycles. The summed E-state index contributed by atoms with van der Waals surface area (Å²) in [6, 6.07) is 12.1. The predicted molar refractivity (Wildman–Crippen MR) is 131 cm³/mol. The molecule has 1 aliphatic heterocycles. The number of para-hydroxylation sites is 1. The van der Waals surface area contributed by atoms with E-state index < -0.39 is 27.5 Å². The van der Waals surface area contributed by atoms with Crippen molar-refractivity contribution in [2.45, 2.75) is 58.0 Å². The molecule has 2 heterocycles. The van der Waals surface area contributed by atoms with Crippen molar-refractivity contribution in [3.8, 4) is 5.75 Å². The fraction of sp³-hybridized carbons (Fsp3) is 0.400. The van der Waals surface area contributed by atoms with Crippen LogP contribution in [0.1, 0.15) is 49.3 Å². The Kier molecular flexibility index (Phi) is 7.17. The number of fused-ring (bicyclic) bond motifs is 1. The molecular weight excluding hydrogens is 484 g/mol. The maximum Gasteiger partial charge on any atom is 0.312 e. The number of sulfonamides is 1. The molecule has 1 aromatic heterocycles. The minimum absolute atomic E-state index is 0.0627. The van der Waals surface area contributed by atoms with Crippen molar-refractivity contribution in [3.63, 3.8) is 0 Å². The van der Waals surface area contributed by atoms with Crippen molar-refractivity contribution in [2.75, 3.05) is 6.54 Å². The molecule has 0 saturated heterocycles. The zero-order chi connectivity index (χ0) is 26.1. The molecule has 0 aliphatic carbocycles. The number of ether oxygens (including phenoxy) is 2. The molecule has 0 radical (unpaired) electrons. The Labute approximate surface area is 210 Å². The summed E-state index contributed by atoms with van der Waals surface area (Å²) in [4.78, 5) is 12.3. The van der Waals surface area contributed by atoms with Crippen molar-refractivity contribution in [3.05, 3.63) is 71.0 Å². The number of carbonyl (C=O) groups is 1. The van der Waals surface area contributed by atoms with E-state index in [-0.39, 0.29) is 30.7 Å². The van der Waals surface area contributed by atoms with Gasteiger partial charge in [-0.25, -0.2) is 8.42 Å². The molecule has 1 aliphatic rings. The third-order valence-electron chi connectivity index (χ3n) is 6.35. The highest BCUT2D eigenvalue weighted by molar-refractivity contribution is 7.89. The summed E-state index contributed by atoms with van der Waals surface area (Å²) in [7, 11) is -3.82. The van der Waals surface area contributed by atoms with Crippen LogP contribution in [0, 0.1) is 12.3 Å². The number of nitrogens with one attached hydrogen (secondary N) is 1. The van der Waals surface area contributed by atoms with Gasteiger partial charge < -0.3 is 14.6 Å². The van der Waals surface area contributed by atoms with Crippen LogP contribution in [0.25, 0.3) is 0 Å². The maximum absolute atomic E-state index is 13.5. The summed E-state index contributed by atoms with van der Waals surface area (Å²) in [6.45, 7) is 7.26. The number of H-pyrrole nitrogens is 1. The van der Waals surface area contributed by atoms with E-state index in [9.17, 15) is 18.3 Å². The van der Waals surface area contributed by atoms with Gasteiger partial charge in [0.1, 0.15) is 22.4 Å². The van der Waals surface area contributed by atoms with Crippen LogP contribution in [-0.2, 0) is 32.7 Å². The first-order valence-electron chi connectivity index (χ1n) is 11.5. The fourth-order valence-corrected chi connectivity index (χ4v) is 5.81. The van der Waals surface area contributed by atoms with Crippen LogP contribution in [0.2, 0.25) is 0 Å². The number of aliphatic carboxylic acids is 1. The number of aromatic amines is 1. The van der Waals surface area contributed by atoms with Gasteiger partial charge in [-0.05, 0) is 56.5 Å². The highest BCUT2D eigenvalue weighted by Crippen LogP contribution is 2.39. The van der Waals surface area contributed by atoms with Crippen molar-refractivity contribution in [1.82, 2.24) is 19.7 Å². The normalized spacial score (nSPS) is 18.6. The molecule has 192 valence electrons. The quantitative estimate of drug-likeness (QED) is 0.467. The van der Waals surface area contributed by atoms with Crippen LogP contribution in [0.5, 0.6) is 5.75 Å². The first-order valence-corrected chi connectivity index (χ1v) is 13.0. The number of hydrogen-bond donors (Lipinski definition) is 2. The largest absolute Gasteiger partial charge is 0.488 e. The summed E-state index contributed by atoms with van der Waals surface area (Å²) < 4.78 is 40.4. The molecule has 4 rings (SSSR count). The van der Waals surface area contributed by atoms with E-state index in [4.69, 9.17) is 9.47 Å². The third-order valence-corrected chi connectivity index (χ3v) is 8.20. The molecule has 0 bridgehead atoms. The van der Waals surface area contributed by atoms with Crippen LogP contribution in [-0.4, -0.2) is 51.9 Å². The van der Waals surface area contributed by atoms with E-state index >= 15 is 0 Å². The standard InChI is InChI=1S/C25H30N4O6S/c1-16-9-10-18(23(25(3,4)24(30)31)34-15-20-12-26-28-27-20)11-19(16)14-29-13-17(2)35-21-7-5-6-8-22(21)36(29,32)33/h5-12,17,23H,13-15H2,1-4H3,(H,30,31)(H,26,27,28)/t17-,23?/m1/s1. The van der Waals surface area contributed by atoms with Crippen LogP contribution in [0.4, 0.5) is 0 Å². The lowest BCUT2D eigenvalue weighted by Gasteiger charge is -2.31. The SMILES string of the molecule is Cc1ccc(C(OCc2cn[nH]n2)C(C)(C)C(=O)O)cc1CN1C[C@@H](C)Oc2ccccc2S1(=O)=O. The van der Waals surface area contributed by atoms with E-state index in [1.54, 1.807) is 38.1 Å². The topological polar surface area (TPSA) is 135 Å². The molecule has 3 aromatic rings. The second kappa shape index (κ2) is 10.00. The lowest BCUT2D eigenvalue weighted by molar-refractivity contribution is -0.158. The molecule has 0 amide bonds. The van der Waals surface area contributed by atoms with Crippen LogP contribution in [0.3, 0.4) is 0 Å². The van der Waals surface area contributed by atoms with Crippen LogP contribution in [0.15, 0.2) is 53.6 Å². The van der Waals surface area contributed by atoms with Gasteiger partial charge in [0.2, 0.25) is 10.0 Å². The van der Waals surface area contributed by atoms with Crippen LogP contribution >= 0.6 is 0 Å². The Hall–Kier alpha value is -3.28. The minimum Gasteiger partial charge on any atom is -0.488 e. The molecule has 10 nitrogen and oxygen atoms in total. The Bertz CT molecular complexity index is 1340. The molecule has 0 spiro atoms. The maximum atomic E-state index is 13.5. The predicted octanol–water partition coefficient (Wildman–Crippen LogP) is 3.45. The summed E-state index contributed by atoms with van der Waals surface area (Å²) in [6.07, 6.45) is 0.336. The zero-order valence-electron chi connectivity index (χ0n) is 20.6. The fourth-order valence-electron chi connectivity index (χ4n) is 4.20. The zero-order valence-corrected chi connectivity index (χ0v) is 21.4. The van der Waals surface area contributed by atoms with Gasteiger partial charge in [-0.1, -0.05) is 30.3 Å². The molecule has 36 heavy (non-hydrogen) atoms. The van der Waals surface area contributed by atoms with Crippen molar-refractivity contribution in [1.29, 1.82) is 0 Å². The monoisotopic (exact) mass is 514 g/mol. The molecule has 11 heteroatoms. The molecule has 2 N–H and O–H groups in total. The highest BCUT2D eigenvalue weighted by Gasteiger charge is 2.40. The summed E-state index contributed by atoms with van der Waals surface area (Å²) in [5, 5.41) is 20.2. The van der Waals surface area contributed by atoms with E-state index in [0.717, 1.165) is 11.1 Å². The second-order valence-electron chi connectivity index (χ2n) is 9.54. The number of nitrogens with zero attached hydrogens (tertiary/aromatic N) is 3. The molecule has 0 fully saturated rings. The third kappa shape index (κ3) is 5.13. The number of aromatic nitrogens is 3. The Morgan fingerprint density at radius 1 is 1.31 bits per heavy atom. The van der Waals surface area contributed by atoms with E-state index in [1.807, 2.05) is 32.0 Å². The Balaban J connectivity index is 1.69. The summed E-state index contributed by atoms with van der Waals surface area (Å²) in [5.74, 6) is -0.685. The number of benzene rings is 2. The van der Waals surface area contributed by atoms with Crippen LogP contribution < -0.4 is 4.74 Å². The molecule has 2 aromatic carbocycles. The van der Waals surface area contributed by atoms with Gasteiger partial charge in [0.15, 0.2) is 0 Å². The van der Waals surface area contributed by atoms with Gasteiger partial charge in [-0.3, -0.25) is 4.79 Å². The number of aryl methyl sites for hydroxylation is 1. The van der Waals surface area contributed by atoms with Gasteiger partial charge in [0.05, 0.1) is 30.9 Å². The van der Waals surface area contributed by atoms with E-state index in [1.165, 1.54) is 10.5 Å². The van der Waals surface area contributed by atoms with Gasteiger partial charge in [0, 0.05) is 6.54 Å². The van der Waals surface area contributed by atoms with Crippen molar-refractivity contribution < 1.29 is 27.8 Å². The first kappa shape index (κ1) is 25.8. The van der Waals surface area contributed by atoms with Crippen molar-refractivity contribution >= 4 is 16.0 Å². The van der Waals surface area contributed by atoms with Gasteiger partial charge in [0.25, 0.3) is 0 Å². The smallest absolute Gasteiger partial charge is 0.312 e. The lowest BCUT2D eigenvalue weighted by atomic mass is 9.81. The van der Waals surface area contributed by atoms with E-state index in [0.29, 0.717) is 17.0 Å². The van der Waals surface area contributed by atoms with E-state index in [2.05, 4.69) is 15.4 Å². The van der Waals surface area contributed by atoms with Gasteiger partial charge in [-0.2, -0.15) is 19.7 Å².